The SMILES string of the molecule is O=C(NCc1ccccn1)C(=O)[C@@H](Cc1ccccc1)NC(=O)C1(NC(=O)C2CCC(F)(F)CC2)CC(F)(F)C1. The minimum absolute atomic E-state index is 0.0515. The molecule has 2 fully saturated rings. The van der Waals surface area contributed by atoms with Gasteiger partial charge in [-0.15, -0.1) is 0 Å². The molecule has 4 rings (SSSR count). The smallest absolute Gasteiger partial charge is 0.289 e. The first kappa shape index (κ1) is 29.2. The number of pyridine rings is 1. The maximum absolute atomic E-state index is 14.1. The van der Waals surface area contributed by atoms with Gasteiger partial charge in [0.2, 0.25) is 23.5 Å². The van der Waals surface area contributed by atoms with Crippen LogP contribution in [0.1, 0.15) is 49.8 Å². The van der Waals surface area contributed by atoms with Crippen molar-refractivity contribution < 1.29 is 36.7 Å². The van der Waals surface area contributed by atoms with E-state index in [-0.39, 0.29) is 25.8 Å². The number of nitrogens with one attached hydrogen (secondary N) is 3. The lowest BCUT2D eigenvalue weighted by molar-refractivity contribution is -0.168. The third kappa shape index (κ3) is 7.22. The fraction of sp³-hybridized carbons (Fsp3) is 0.464. The molecule has 2 aromatic rings. The van der Waals surface area contributed by atoms with E-state index in [1.54, 1.807) is 48.5 Å². The maximum atomic E-state index is 14.1. The fourth-order valence-electron chi connectivity index (χ4n) is 5.05. The molecule has 2 saturated carbocycles. The number of halogens is 4. The van der Waals surface area contributed by atoms with Crippen molar-refractivity contribution in [3.05, 3.63) is 66.0 Å². The van der Waals surface area contributed by atoms with E-state index in [0.717, 1.165) is 0 Å². The Balaban J connectivity index is 1.48. The topological polar surface area (TPSA) is 117 Å². The van der Waals surface area contributed by atoms with Gasteiger partial charge in [-0.05, 0) is 30.5 Å². The second kappa shape index (κ2) is 11.7. The Kier molecular flexibility index (Phi) is 8.55. The molecule has 0 spiro atoms. The zero-order chi connectivity index (χ0) is 29.0. The van der Waals surface area contributed by atoms with Crippen molar-refractivity contribution in [2.75, 3.05) is 0 Å². The average Bonchev–Trinajstić information content (AvgIpc) is 2.90. The normalized spacial score (nSPS) is 19.9. The summed E-state index contributed by atoms with van der Waals surface area (Å²) in [6.45, 7) is -0.0515. The van der Waals surface area contributed by atoms with Crippen LogP contribution in [0, 0.1) is 5.92 Å². The molecule has 12 heteroatoms. The second-order valence-corrected chi connectivity index (χ2v) is 10.5. The van der Waals surface area contributed by atoms with Gasteiger partial charge in [-0.2, -0.15) is 0 Å². The first-order chi connectivity index (χ1) is 18.9. The molecular weight excluding hydrogens is 532 g/mol. The highest BCUT2D eigenvalue weighted by Gasteiger charge is 2.62. The largest absolute Gasteiger partial charge is 0.344 e. The Bertz CT molecular complexity index is 1230. The summed E-state index contributed by atoms with van der Waals surface area (Å²) in [5.41, 5.74) is -0.954. The molecule has 2 aliphatic carbocycles. The number of aromatic nitrogens is 1. The van der Waals surface area contributed by atoms with Gasteiger partial charge >= 0.3 is 0 Å². The number of hydrogen-bond donors (Lipinski definition) is 3. The summed E-state index contributed by atoms with van der Waals surface area (Å²) < 4.78 is 55.2. The lowest BCUT2D eigenvalue weighted by atomic mass is 9.71. The molecule has 1 aromatic heterocycles. The molecule has 0 saturated heterocycles. The molecule has 3 N–H and O–H groups in total. The highest BCUT2D eigenvalue weighted by atomic mass is 19.3. The van der Waals surface area contributed by atoms with Crippen molar-refractivity contribution in [2.45, 2.75) is 74.9 Å². The highest BCUT2D eigenvalue weighted by molar-refractivity contribution is 6.38. The number of hydrogen-bond acceptors (Lipinski definition) is 5. The standard InChI is InChI=1S/C28H30F4N4O4/c29-27(30)11-9-19(10-12-27)23(38)36-26(16-28(31,32)17-26)25(40)35-21(14-18-6-2-1-3-7-18)22(37)24(39)34-15-20-8-4-5-13-33-20/h1-8,13,19,21H,9-12,14-17H2,(H,34,39)(H,35,40)(H,36,38)/t21-/m1/s1. The van der Waals surface area contributed by atoms with Crippen molar-refractivity contribution in [3.63, 3.8) is 0 Å². The summed E-state index contributed by atoms with van der Waals surface area (Å²) in [6, 6.07) is 12.1. The number of benzene rings is 1. The Hall–Kier alpha value is -3.83. The Morgan fingerprint density at radius 1 is 0.900 bits per heavy atom. The van der Waals surface area contributed by atoms with Gasteiger partial charge in [-0.3, -0.25) is 24.2 Å². The van der Waals surface area contributed by atoms with Crippen LogP contribution in [0.3, 0.4) is 0 Å². The van der Waals surface area contributed by atoms with Crippen molar-refractivity contribution in [1.82, 2.24) is 20.9 Å². The molecule has 3 amide bonds. The van der Waals surface area contributed by atoms with Crippen LogP contribution >= 0.6 is 0 Å². The predicted molar refractivity (Wildman–Crippen MR) is 135 cm³/mol. The molecule has 0 radical (unpaired) electrons. The Morgan fingerprint density at radius 2 is 1.55 bits per heavy atom. The monoisotopic (exact) mass is 562 g/mol. The lowest BCUT2D eigenvalue weighted by Gasteiger charge is -2.47. The van der Waals surface area contributed by atoms with Gasteiger partial charge in [0.05, 0.1) is 12.2 Å². The molecule has 2 aliphatic rings. The van der Waals surface area contributed by atoms with Gasteiger partial charge < -0.3 is 16.0 Å². The molecule has 214 valence electrons. The van der Waals surface area contributed by atoms with Crippen molar-refractivity contribution in [3.8, 4) is 0 Å². The minimum atomic E-state index is -3.25. The fourth-order valence-corrected chi connectivity index (χ4v) is 5.05. The van der Waals surface area contributed by atoms with Crippen LogP contribution in [-0.2, 0) is 32.1 Å². The van der Waals surface area contributed by atoms with Gasteiger partial charge in [-0.25, -0.2) is 17.6 Å². The number of carbonyl (C=O) groups is 4. The van der Waals surface area contributed by atoms with Crippen molar-refractivity contribution in [1.29, 1.82) is 0 Å². The van der Waals surface area contributed by atoms with Gasteiger partial charge in [0.25, 0.3) is 11.8 Å². The van der Waals surface area contributed by atoms with Crippen LogP contribution in [0.5, 0.6) is 0 Å². The summed E-state index contributed by atoms with van der Waals surface area (Å²) in [5.74, 6) is -10.8. The summed E-state index contributed by atoms with van der Waals surface area (Å²) in [5, 5.41) is 7.23. The van der Waals surface area contributed by atoms with E-state index in [9.17, 15) is 36.7 Å². The number of nitrogens with zero attached hydrogens (tertiary/aromatic N) is 1. The minimum Gasteiger partial charge on any atom is -0.344 e. The summed E-state index contributed by atoms with van der Waals surface area (Å²) in [7, 11) is 0. The van der Waals surface area contributed by atoms with Crippen molar-refractivity contribution in [2.24, 2.45) is 5.92 Å². The molecule has 0 unspecified atom stereocenters. The van der Waals surface area contributed by atoms with E-state index < -0.39 is 78.5 Å². The number of amides is 3. The third-order valence-corrected chi connectivity index (χ3v) is 7.29. The van der Waals surface area contributed by atoms with E-state index in [4.69, 9.17) is 0 Å². The quantitative estimate of drug-likeness (QED) is 0.304. The van der Waals surface area contributed by atoms with Crippen LogP contribution in [0.25, 0.3) is 0 Å². The molecule has 40 heavy (non-hydrogen) atoms. The van der Waals surface area contributed by atoms with Gasteiger partial charge in [0, 0.05) is 44.2 Å². The molecule has 0 bridgehead atoms. The maximum Gasteiger partial charge on any atom is 0.289 e. The number of ketones is 1. The first-order valence-corrected chi connectivity index (χ1v) is 13.0. The van der Waals surface area contributed by atoms with Gasteiger partial charge in [0.15, 0.2) is 0 Å². The number of rotatable bonds is 10. The van der Waals surface area contributed by atoms with E-state index in [1.807, 2.05) is 0 Å². The van der Waals surface area contributed by atoms with Crippen LogP contribution in [-0.4, -0.2) is 51.9 Å². The molecule has 1 aromatic carbocycles. The zero-order valence-corrected chi connectivity index (χ0v) is 21.6. The molecule has 0 aliphatic heterocycles. The molecule has 8 nitrogen and oxygen atoms in total. The predicted octanol–water partition coefficient (Wildman–Crippen LogP) is 3.10. The number of Topliss-reactive ketones (excluding diaryl/α,β-unsaturated/α-hetero) is 1. The second-order valence-electron chi connectivity index (χ2n) is 10.5. The third-order valence-electron chi connectivity index (χ3n) is 7.29. The highest BCUT2D eigenvalue weighted by Crippen LogP contribution is 2.46. The zero-order valence-electron chi connectivity index (χ0n) is 21.6. The Morgan fingerprint density at radius 3 is 2.15 bits per heavy atom. The van der Waals surface area contributed by atoms with E-state index in [1.165, 1.54) is 6.20 Å². The van der Waals surface area contributed by atoms with E-state index in [2.05, 4.69) is 20.9 Å². The van der Waals surface area contributed by atoms with E-state index in [0.29, 0.717) is 11.3 Å². The first-order valence-electron chi connectivity index (χ1n) is 13.0. The van der Waals surface area contributed by atoms with Gasteiger partial charge in [0.1, 0.15) is 11.6 Å². The summed E-state index contributed by atoms with van der Waals surface area (Å²) in [4.78, 5) is 56.2. The van der Waals surface area contributed by atoms with Crippen LogP contribution < -0.4 is 16.0 Å². The summed E-state index contributed by atoms with van der Waals surface area (Å²) >= 11 is 0. The number of carbonyl (C=O) groups excluding carboxylic acids is 4. The number of alkyl halides is 4. The Labute approximate surface area is 228 Å². The molecule has 1 heterocycles. The van der Waals surface area contributed by atoms with E-state index >= 15 is 0 Å². The summed E-state index contributed by atoms with van der Waals surface area (Å²) in [6.07, 6.45) is -1.93. The van der Waals surface area contributed by atoms with Crippen LogP contribution in [0.4, 0.5) is 17.6 Å². The van der Waals surface area contributed by atoms with Gasteiger partial charge in [-0.1, -0.05) is 36.4 Å². The molecular formula is C28H30F4N4O4. The average molecular weight is 563 g/mol. The lowest BCUT2D eigenvalue weighted by Crippen LogP contribution is -2.71. The van der Waals surface area contributed by atoms with Crippen LogP contribution in [0.2, 0.25) is 0 Å². The van der Waals surface area contributed by atoms with Crippen LogP contribution in [0.15, 0.2) is 54.7 Å². The molecule has 1 atom stereocenters. The van der Waals surface area contributed by atoms with Crippen molar-refractivity contribution >= 4 is 23.5 Å².